The van der Waals surface area contributed by atoms with Gasteiger partial charge in [0.1, 0.15) is 5.82 Å². The number of benzene rings is 1. The lowest BCUT2D eigenvalue weighted by Crippen LogP contribution is -2.40. The van der Waals surface area contributed by atoms with E-state index in [9.17, 15) is 13.2 Å². The highest BCUT2D eigenvalue weighted by molar-refractivity contribution is 5.58. The number of anilines is 1. The standard InChI is InChI=1S/C17H19F3N4/c1-11-10-15(24-8-6-14(21)7-9-24)23-16(22-11)12-2-4-13(5-3-12)17(18,19)20/h2-5,10,14H,6-9,21H2,1H3. The Kier molecular flexibility index (Phi) is 4.45. The molecule has 2 N–H and O–H groups in total. The van der Waals surface area contributed by atoms with Crippen LogP contribution in [0.3, 0.4) is 0 Å². The normalized spacial score (nSPS) is 16.5. The number of halogens is 3. The van der Waals surface area contributed by atoms with Gasteiger partial charge < -0.3 is 10.6 Å². The lowest BCUT2D eigenvalue weighted by molar-refractivity contribution is -0.137. The summed E-state index contributed by atoms with van der Waals surface area (Å²) in [5, 5.41) is 0. The topological polar surface area (TPSA) is 55.0 Å². The molecule has 0 bridgehead atoms. The number of aromatic nitrogens is 2. The highest BCUT2D eigenvalue weighted by Crippen LogP contribution is 2.31. The number of alkyl halides is 3. The van der Waals surface area contributed by atoms with Crippen LogP contribution in [-0.2, 0) is 6.18 Å². The van der Waals surface area contributed by atoms with E-state index in [-0.39, 0.29) is 6.04 Å². The fourth-order valence-electron chi connectivity index (χ4n) is 2.78. The van der Waals surface area contributed by atoms with Crippen molar-refractivity contribution in [3.63, 3.8) is 0 Å². The molecule has 7 heteroatoms. The molecule has 128 valence electrons. The summed E-state index contributed by atoms with van der Waals surface area (Å²) in [7, 11) is 0. The van der Waals surface area contributed by atoms with Crippen LogP contribution in [0.25, 0.3) is 11.4 Å². The van der Waals surface area contributed by atoms with Crippen LogP contribution in [0.2, 0.25) is 0 Å². The van der Waals surface area contributed by atoms with Crippen molar-refractivity contribution in [1.82, 2.24) is 9.97 Å². The Morgan fingerprint density at radius 3 is 2.29 bits per heavy atom. The van der Waals surface area contributed by atoms with Crippen molar-refractivity contribution in [2.45, 2.75) is 32.0 Å². The Balaban J connectivity index is 1.88. The van der Waals surface area contributed by atoms with Crippen molar-refractivity contribution in [3.05, 3.63) is 41.6 Å². The average Bonchev–Trinajstić information content (AvgIpc) is 2.54. The molecule has 4 nitrogen and oxygen atoms in total. The summed E-state index contributed by atoms with van der Waals surface area (Å²) in [4.78, 5) is 11.0. The summed E-state index contributed by atoms with van der Waals surface area (Å²) >= 11 is 0. The van der Waals surface area contributed by atoms with Gasteiger partial charge in [0.25, 0.3) is 0 Å². The minimum atomic E-state index is -4.34. The van der Waals surface area contributed by atoms with Crippen molar-refractivity contribution >= 4 is 5.82 Å². The number of hydrogen-bond donors (Lipinski definition) is 1. The fourth-order valence-corrected chi connectivity index (χ4v) is 2.78. The number of nitrogens with zero attached hydrogens (tertiary/aromatic N) is 3. The van der Waals surface area contributed by atoms with Crippen molar-refractivity contribution < 1.29 is 13.2 Å². The van der Waals surface area contributed by atoms with E-state index in [2.05, 4.69) is 14.9 Å². The van der Waals surface area contributed by atoms with Crippen molar-refractivity contribution in [1.29, 1.82) is 0 Å². The number of nitrogens with two attached hydrogens (primary N) is 1. The Morgan fingerprint density at radius 2 is 1.71 bits per heavy atom. The third-order valence-electron chi connectivity index (χ3n) is 4.17. The molecule has 1 aliphatic rings. The molecule has 0 aliphatic carbocycles. The van der Waals surface area contributed by atoms with Crippen LogP contribution in [0, 0.1) is 6.92 Å². The summed E-state index contributed by atoms with van der Waals surface area (Å²) in [5.41, 5.74) is 6.60. The van der Waals surface area contributed by atoms with Gasteiger partial charge in [-0.1, -0.05) is 12.1 Å². The Hall–Kier alpha value is -2.15. The van der Waals surface area contributed by atoms with Gasteiger partial charge in [0.05, 0.1) is 5.56 Å². The van der Waals surface area contributed by atoms with Crippen molar-refractivity contribution in [2.75, 3.05) is 18.0 Å². The first-order chi connectivity index (χ1) is 11.3. The second-order valence-electron chi connectivity index (χ2n) is 6.09. The number of rotatable bonds is 2. The van der Waals surface area contributed by atoms with E-state index >= 15 is 0 Å². The van der Waals surface area contributed by atoms with Crippen LogP contribution in [0.1, 0.15) is 24.1 Å². The maximum absolute atomic E-state index is 12.7. The molecule has 1 saturated heterocycles. The largest absolute Gasteiger partial charge is 0.416 e. The second-order valence-corrected chi connectivity index (χ2v) is 6.09. The van der Waals surface area contributed by atoms with Crippen molar-refractivity contribution in [3.8, 4) is 11.4 Å². The zero-order valence-corrected chi connectivity index (χ0v) is 13.3. The SMILES string of the molecule is Cc1cc(N2CCC(N)CC2)nc(-c2ccc(C(F)(F)F)cc2)n1. The third kappa shape index (κ3) is 3.67. The zero-order chi connectivity index (χ0) is 17.3. The average molecular weight is 336 g/mol. The molecule has 2 aromatic rings. The summed E-state index contributed by atoms with van der Waals surface area (Å²) in [6.45, 7) is 3.50. The zero-order valence-electron chi connectivity index (χ0n) is 13.3. The van der Waals surface area contributed by atoms with Gasteiger partial charge in [-0.2, -0.15) is 13.2 Å². The summed E-state index contributed by atoms with van der Waals surface area (Å²) < 4.78 is 38.0. The van der Waals surface area contributed by atoms with Gasteiger partial charge in [0, 0.05) is 36.5 Å². The minimum Gasteiger partial charge on any atom is -0.356 e. The third-order valence-corrected chi connectivity index (χ3v) is 4.17. The van der Waals surface area contributed by atoms with E-state index in [1.54, 1.807) is 0 Å². The summed E-state index contributed by atoms with van der Waals surface area (Å²) in [6.07, 6.45) is -2.54. The first-order valence-electron chi connectivity index (χ1n) is 7.87. The maximum atomic E-state index is 12.7. The van der Waals surface area contributed by atoms with Gasteiger partial charge in [-0.15, -0.1) is 0 Å². The molecule has 0 atom stereocenters. The minimum absolute atomic E-state index is 0.221. The van der Waals surface area contributed by atoms with Crippen LogP contribution < -0.4 is 10.6 Å². The van der Waals surface area contributed by atoms with Crippen LogP contribution in [0.15, 0.2) is 30.3 Å². The predicted molar refractivity (Wildman–Crippen MR) is 86.6 cm³/mol. The van der Waals surface area contributed by atoms with Crippen LogP contribution >= 0.6 is 0 Å². The Morgan fingerprint density at radius 1 is 1.08 bits per heavy atom. The first kappa shape index (κ1) is 16.7. The van der Waals surface area contributed by atoms with E-state index in [0.717, 1.165) is 49.6 Å². The maximum Gasteiger partial charge on any atom is 0.416 e. The molecule has 0 radical (unpaired) electrons. The van der Waals surface area contributed by atoms with Gasteiger partial charge in [0.2, 0.25) is 0 Å². The second kappa shape index (κ2) is 6.39. The van der Waals surface area contributed by atoms with Crippen LogP contribution in [0.4, 0.5) is 19.0 Å². The molecule has 1 aliphatic heterocycles. The van der Waals surface area contributed by atoms with E-state index in [1.165, 1.54) is 12.1 Å². The summed E-state index contributed by atoms with van der Waals surface area (Å²) in [5.74, 6) is 1.23. The lowest BCUT2D eigenvalue weighted by Gasteiger charge is -2.31. The predicted octanol–water partition coefficient (Wildman–Crippen LogP) is 3.40. The molecule has 1 aromatic carbocycles. The van der Waals surface area contributed by atoms with E-state index in [0.29, 0.717) is 11.4 Å². The van der Waals surface area contributed by atoms with E-state index in [4.69, 9.17) is 5.73 Å². The van der Waals surface area contributed by atoms with Gasteiger partial charge in [-0.25, -0.2) is 9.97 Å². The number of hydrogen-bond acceptors (Lipinski definition) is 4. The lowest BCUT2D eigenvalue weighted by atomic mass is 10.1. The number of aryl methyl sites for hydroxylation is 1. The van der Waals surface area contributed by atoms with Crippen LogP contribution in [-0.4, -0.2) is 29.1 Å². The summed E-state index contributed by atoms with van der Waals surface area (Å²) in [6, 6.07) is 7.05. The van der Waals surface area contributed by atoms with Gasteiger partial charge in [-0.3, -0.25) is 0 Å². The highest BCUT2D eigenvalue weighted by Gasteiger charge is 2.30. The van der Waals surface area contributed by atoms with Crippen molar-refractivity contribution in [2.24, 2.45) is 5.73 Å². The first-order valence-corrected chi connectivity index (χ1v) is 7.87. The Bertz CT molecular complexity index is 705. The molecular formula is C17H19F3N4. The molecule has 3 rings (SSSR count). The van der Waals surface area contributed by atoms with Gasteiger partial charge in [0.15, 0.2) is 5.82 Å². The quantitative estimate of drug-likeness (QED) is 0.913. The molecule has 24 heavy (non-hydrogen) atoms. The highest BCUT2D eigenvalue weighted by atomic mass is 19.4. The van der Waals surface area contributed by atoms with Gasteiger partial charge >= 0.3 is 6.18 Å². The molecule has 0 amide bonds. The molecule has 2 heterocycles. The van der Waals surface area contributed by atoms with Crippen LogP contribution in [0.5, 0.6) is 0 Å². The van der Waals surface area contributed by atoms with E-state index < -0.39 is 11.7 Å². The monoisotopic (exact) mass is 336 g/mol. The molecule has 1 fully saturated rings. The fraction of sp³-hybridized carbons (Fsp3) is 0.412. The van der Waals surface area contributed by atoms with E-state index in [1.807, 2.05) is 13.0 Å². The van der Waals surface area contributed by atoms with Gasteiger partial charge in [-0.05, 0) is 31.9 Å². The molecular weight excluding hydrogens is 317 g/mol. The smallest absolute Gasteiger partial charge is 0.356 e. The molecule has 1 aromatic heterocycles. The molecule has 0 saturated carbocycles. The Labute approximate surface area is 138 Å². The number of piperidine rings is 1. The molecule has 0 unspecified atom stereocenters. The molecule has 0 spiro atoms.